The summed E-state index contributed by atoms with van der Waals surface area (Å²) in [5.74, 6) is -0.250. The van der Waals surface area contributed by atoms with E-state index in [1.54, 1.807) is 7.05 Å². The van der Waals surface area contributed by atoms with E-state index in [0.29, 0.717) is 13.2 Å². The monoisotopic (exact) mass is 360 g/mol. The quantitative estimate of drug-likeness (QED) is 0.840. The van der Waals surface area contributed by atoms with Gasteiger partial charge in [-0.1, -0.05) is 11.6 Å². The minimum absolute atomic E-state index is 0.0838. The van der Waals surface area contributed by atoms with Crippen molar-refractivity contribution in [1.82, 2.24) is 9.62 Å². The Bertz CT molecular complexity index is 672. The van der Waals surface area contributed by atoms with Crippen LogP contribution in [0.25, 0.3) is 0 Å². The molecule has 0 spiro atoms. The highest BCUT2D eigenvalue weighted by Gasteiger charge is 2.23. The second-order valence-electron chi connectivity index (χ2n) is 5.45. The number of carbonyl (C=O) groups is 1. The van der Waals surface area contributed by atoms with E-state index >= 15 is 0 Å². The zero-order chi connectivity index (χ0) is 17.0. The lowest BCUT2D eigenvalue weighted by Gasteiger charge is -2.16. The second-order valence-corrected chi connectivity index (χ2v) is 7.59. The molecule has 1 aromatic rings. The van der Waals surface area contributed by atoms with Gasteiger partial charge in [-0.25, -0.2) is 13.1 Å². The summed E-state index contributed by atoms with van der Waals surface area (Å²) >= 11 is 6.02. The van der Waals surface area contributed by atoms with E-state index in [4.69, 9.17) is 16.3 Å². The molecule has 23 heavy (non-hydrogen) atoms. The van der Waals surface area contributed by atoms with Crippen LogP contribution in [0.15, 0.2) is 23.1 Å². The molecule has 0 bridgehead atoms. The number of sulfonamides is 1. The number of nitrogens with zero attached hydrogens (tertiary/aromatic N) is 1. The summed E-state index contributed by atoms with van der Waals surface area (Å²) in [5, 5.41) is 0.0838. The van der Waals surface area contributed by atoms with Crippen LogP contribution in [0, 0.1) is 0 Å². The molecule has 8 heteroatoms. The number of hydrogen-bond donors (Lipinski definition) is 1. The molecule has 1 fully saturated rings. The number of ether oxygens (including phenoxy) is 1. The second kappa shape index (κ2) is 7.61. The molecule has 1 amide bonds. The van der Waals surface area contributed by atoms with Crippen molar-refractivity contribution in [1.29, 1.82) is 0 Å². The molecule has 0 saturated carbocycles. The molecule has 1 aromatic carbocycles. The maximum Gasteiger partial charge on any atom is 0.253 e. The molecular formula is C15H21ClN2O4S. The van der Waals surface area contributed by atoms with Crippen molar-refractivity contribution in [2.45, 2.75) is 30.8 Å². The van der Waals surface area contributed by atoms with Gasteiger partial charge in [0.25, 0.3) is 5.91 Å². The third-order valence-corrected chi connectivity index (χ3v) is 5.72. The molecule has 0 aliphatic carbocycles. The fourth-order valence-corrected chi connectivity index (χ4v) is 3.88. The maximum absolute atomic E-state index is 12.4. The molecule has 1 atom stereocenters. The highest BCUT2D eigenvalue weighted by molar-refractivity contribution is 7.89. The zero-order valence-electron chi connectivity index (χ0n) is 13.2. The molecule has 1 aliphatic rings. The standard InChI is InChI=1S/C15H21ClN2O4S/c1-3-18(2)15(19)11-6-7-13(16)14(9-11)23(20,21)17-10-12-5-4-8-22-12/h6-7,9,12,17H,3-5,8,10H2,1-2H3. The summed E-state index contributed by atoms with van der Waals surface area (Å²) in [7, 11) is -2.15. The van der Waals surface area contributed by atoms with Gasteiger partial charge in [-0.15, -0.1) is 0 Å². The molecule has 128 valence electrons. The van der Waals surface area contributed by atoms with Crippen LogP contribution >= 0.6 is 11.6 Å². The van der Waals surface area contributed by atoms with Gasteiger partial charge in [0.15, 0.2) is 0 Å². The van der Waals surface area contributed by atoms with Crippen molar-refractivity contribution < 1.29 is 17.9 Å². The Morgan fingerprint density at radius 2 is 2.22 bits per heavy atom. The molecule has 0 radical (unpaired) electrons. The smallest absolute Gasteiger partial charge is 0.253 e. The average Bonchev–Trinajstić information content (AvgIpc) is 3.05. The predicted molar refractivity (Wildman–Crippen MR) is 88.2 cm³/mol. The maximum atomic E-state index is 12.4. The van der Waals surface area contributed by atoms with Crippen LogP contribution in [0.3, 0.4) is 0 Å². The van der Waals surface area contributed by atoms with Gasteiger partial charge in [0, 0.05) is 32.3 Å². The van der Waals surface area contributed by atoms with Crippen molar-refractivity contribution in [3.05, 3.63) is 28.8 Å². The van der Waals surface area contributed by atoms with Crippen LogP contribution < -0.4 is 4.72 Å². The molecule has 1 heterocycles. The lowest BCUT2D eigenvalue weighted by atomic mass is 10.2. The summed E-state index contributed by atoms with van der Waals surface area (Å²) in [4.78, 5) is 13.6. The lowest BCUT2D eigenvalue weighted by molar-refractivity contribution is 0.0802. The van der Waals surface area contributed by atoms with E-state index in [9.17, 15) is 13.2 Å². The Morgan fingerprint density at radius 1 is 1.48 bits per heavy atom. The van der Waals surface area contributed by atoms with Crippen LogP contribution in [0.1, 0.15) is 30.1 Å². The van der Waals surface area contributed by atoms with Gasteiger partial charge < -0.3 is 9.64 Å². The van der Waals surface area contributed by atoms with E-state index in [2.05, 4.69) is 4.72 Å². The van der Waals surface area contributed by atoms with E-state index in [1.165, 1.54) is 23.1 Å². The summed E-state index contributed by atoms with van der Waals surface area (Å²) in [6.07, 6.45) is 1.65. The number of hydrogen-bond acceptors (Lipinski definition) is 4. The Kier molecular flexibility index (Phi) is 6.02. The minimum atomic E-state index is -3.80. The van der Waals surface area contributed by atoms with Gasteiger partial charge in [0.1, 0.15) is 4.90 Å². The van der Waals surface area contributed by atoms with Crippen LogP contribution in [0.2, 0.25) is 5.02 Å². The number of rotatable bonds is 6. The first-order valence-corrected chi connectivity index (χ1v) is 9.37. The summed E-state index contributed by atoms with van der Waals surface area (Å²) in [6.45, 7) is 3.22. The van der Waals surface area contributed by atoms with Gasteiger partial charge in [-0.2, -0.15) is 0 Å². The first-order chi connectivity index (χ1) is 10.8. The average molecular weight is 361 g/mol. The van der Waals surface area contributed by atoms with E-state index in [1.807, 2.05) is 6.92 Å². The van der Waals surface area contributed by atoms with Gasteiger partial charge in [0.05, 0.1) is 11.1 Å². The SMILES string of the molecule is CCN(C)C(=O)c1ccc(Cl)c(S(=O)(=O)NCC2CCCO2)c1. The fourth-order valence-electron chi connectivity index (χ4n) is 2.29. The predicted octanol–water partition coefficient (Wildman–Crippen LogP) is 1.89. The molecule has 6 nitrogen and oxygen atoms in total. The van der Waals surface area contributed by atoms with E-state index in [0.717, 1.165) is 12.8 Å². The Hall–Kier alpha value is -1.15. The number of halogens is 1. The largest absolute Gasteiger partial charge is 0.377 e. The van der Waals surface area contributed by atoms with Crippen molar-refractivity contribution >= 4 is 27.5 Å². The zero-order valence-corrected chi connectivity index (χ0v) is 14.8. The van der Waals surface area contributed by atoms with Crippen molar-refractivity contribution in [3.8, 4) is 0 Å². The van der Waals surface area contributed by atoms with Crippen LogP contribution in [0.4, 0.5) is 0 Å². The fraction of sp³-hybridized carbons (Fsp3) is 0.533. The molecule has 1 unspecified atom stereocenters. The normalized spacial score (nSPS) is 18.1. The van der Waals surface area contributed by atoms with Crippen LogP contribution in [0.5, 0.6) is 0 Å². The highest BCUT2D eigenvalue weighted by Crippen LogP contribution is 2.23. The van der Waals surface area contributed by atoms with Crippen molar-refractivity contribution in [2.24, 2.45) is 0 Å². The summed E-state index contributed by atoms with van der Waals surface area (Å²) in [6, 6.07) is 4.27. The molecule has 2 rings (SSSR count). The van der Waals surface area contributed by atoms with Gasteiger partial charge in [-0.3, -0.25) is 4.79 Å². The number of nitrogens with one attached hydrogen (secondary N) is 1. The molecular weight excluding hydrogens is 340 g/mol. The Balaban J connectivity index is 2.21. The molecule has 1 N–H and O–H groups in total. The lowest BCUT2D eigenvalue weighted by Crippen LogP contribution is -2.32. The van der Waals surface area contributed by atoms with Gasteiger partial charge in [-0.05, 0) is 38.0 Å². The van der Waals surface area contributed by atoms with Crippen molar-refractivity contribution in [2.75, 3.05) is 26.7 Å². The molecule has 0 aromatic heterocycles. The molecule has 1 aliphatic heterocycles. The topological polar surface area (TPSA) is 75.7 Å². The number of carbonyl (C=O) groups excluding carboxylic acids is 1. The number of benzene rings is 1. The highest BCUT2D eigenvalue weighted by atomic mass is 35.5. The van der Waals surface area contributed by atoms with Gasteiger partial charge >= 0.3 is 0 Å². The third-order valence-electron chi connectivity index (χ3n) is 3.81. The number of amides is 1. The molecule has 1 saturated heterocycles. The first-order valence-electron chi connectivity index (χ1n) is 7.51. The van der Waals surface area contributed by atoms with E-state index < -0.39 is 10.0 Å². The Labute approximate surface area is 141 Å². The summed E-state index contributed by atoms with van der Waals surface area (Å²) in [5.41, 5.74) is 0.288. The van der Waals surface area contributed by atoms with Crippen LogP contribution in [-0.2, 0) is 14.8 Å². The first kappa shape index (κ1) is 18.2. The third kappa shape index (κ3) is 4.44. The summed E-state index contributed by atoms with van der Waals surface area (Å²) < 4.78 is 32.8. The van der Waals surface area contributed by atoms with Crippen molar-refractivity contribution in [3.63, 3.8) is 0 Å². The van der Waals surface area contributed by atoms with Crippen LogP contribution in [-0.4, -0.2) is 52.1 Å². The Morgan fingerprint density at radius 3 is 2.83 bits per heavy atom. The van der Waals surface area contributed by atoms with Gasteiger partial charge in [0.2, 0.25) is 10.0 Å². The minimum Gasteiger partial charge on any atom is -0.377 e. The van der Waals surface area contributed by atoms with E-state index in [-0.39, 0.29) is 34.0 Å².